The van der Waals surface area contributed by atoms with Crippen LogP contribution in [0.2, 0.25) is 0 Å². The average Bonchev–Trinajstić information content (AvgIpc) is 2.11. The van der Waals surface area contributed by atoms with Crippen molar-refractivity contribution < 1.29 is 9.18 Å². The van der Waals surface area contributed by atoms with Crippen LogP contribution in [0, 0.1) is 12.7 Å². The van der Waals surface area contributed by atoms with E-state index in [0.29, 0.717) is 11.8 Å². The van der Waals surface area contributed by atoms with Crippen molar-refractivity contribution in [3.8, 4) is 0 Å². The van der Waals surface area contributed by atoms with Gasteiger partial charge in [0, 0.05) is 0 Å². The van der Waals surface area contributed by atoms with Crippen LogP contribution < -0.4 is 0 Å². The maximum Gasteiger partial charge on any atom is 0.138 e. The van der Waals surface area contributed by atoms with Crippen LogP contribution in [0.15, 0.2) is 18.2 Å². The Hall–Kier alpha value is -0.890. The zero-order chi connectivity index (χ0) is 9.84. The van der Waals surface area contributed by atoms with Gasteiger partial charge in [0.15, 0.2) is 0 Å². The summed E-state index contributed by atoms with van der Waals surface area (Å²) in [6.45, 7) is 1.87. The van der Waals surface area contributed by atoms with Crippen molar-refractivity contribution in [1.82, 2.24) is 0 Å². The van der Waals surface area contributed by atoms with E-state index in [2.05, 4.69) is 0 Å². The Balaban J connectivity index is 2.86. The molecule has 0 amide bonds. The summed E-state index contributed by atoms with van der Waals surface area (Å²) in [5.74, 6) is -0.307. The third-order valence-electron chi connectivity index (χ3n) is 1.76. The van der Waals surface area contributed by atoms with E-state index in [4.69, 9.17) is 11.6 Å². The normalized spacial score (nSPS) is 12.5. The van der Waals surface area contributed by atoms with E-state index < -0.39 is 5.38 Å². The van der Waals surface area contributed by atoms with Crippen molar-refractivity contribution in [3.63, 3.8) is 0 Å². The maximum absolute atomic E-state index is 13.1. The van der Waals surface area contributed by atoms with Crippen LogP contribution >= 0.6 is 11.6 Å². The van der Waals surface area contributed by atoms with E-state index in [9.17, 15) is 9.18 Å². The molecule has 0 bridgehead atoms. The summed E-state index contributed by atoms with van der Waals surface area (Å²) in [7, 11) is 0. The SMILES string of the molecule is Cc1ccc(F)c(CC(Cl)C=O)c1. The van der Waals surface area contributed by atoms with Crippen molar-refractivity contribution in [3.05, 3.63) is 35.1 Å². The molecule has 0 aliphatic heterocycles. The number of hydrogen-bond acceptors (Lipinski definition) is 1. The summed E-state index contributed by atoms with van der Waals surface area (Å²) in [5.41, 5.74) is 1.46. The van der Waals surface area contributed by atoms with Crippen LogP contribution in [0.3, 0.4) is 0 Å². The smallest absolute Gasteiger partial charge is 0.138 e. The fraction of sp³-hybridized carbons (Fsp3) is 0.300. The Morgan fingerprint density at radius 3 is 2.92 bits per heavy atom. The Morgan fingerprint density at radius 2 is 2.31 bits per heavy atom. The lowest BCUT2D eigenvalue weighted by molar-refractivity contribution is -0.107. The molecule has 0 saturated heterocycles. The summed E-state index contributed by atoms with van der Waals surface area (Å²) in [6, 6.07) is 4.77. The van der Waals surface area contributed by atoms with Gasteiger partial charge in [0.05, 0.1) is 5.38 Å². The van der Waals surface area contributed by atoms with Gasteiger partial charge in [-0.2, -0.15) is 0 Å². The van der Waals surface area contributed by atoms with Gasteiger partial charge in [0.2, 0.25) is 0 Å². The number of aryl methyl sites for hydroxylation is 1. The molecule has 0 aliphatic rings. The molecule has 1 rings (SSSR count). The minimum absolute atomic E-state index is 0.249. The second kappa shape index (κ2) is 4.38. The summed E-state index contributed by atoms with van der Waals surface area (Å²) in [4.78, 5) is 10.3. The van der Waals surface area contributed by atoms with Crippen LogP contribution in [0.5, 0.6) is 0 Å². The molecule has 1 nitrogen and oxygen atoms in total. The van der Waals surface area contributed by atoms with Gasteiger partial charge in [-0.25, -0.2) is 4.39 Å². The lowest BCUT2D eigenvalue weighted by Gasteiger charge is -2.04. The molecule has 1 aromatic rings. The first-order chi connectivity index (χ1) is 6.13. The summed E-state index contributed by atoms with van der Waals surface area (Å²) >= 11 is 5.59. The molecular weight excluding hydrogens is 191 g/mol. The first-order valence-corrected chi connectivity index (χ1v) is 4.41. The van der Waals surface area contributed by atoms with Gasteiger partial charge in [-0.05, 0) is 25.0 Å². The van der Waals surface area contributed by atoms with Crippen molar-refractivity contribution in [1.29, 1.82) is 0 Å². The molecule has 1 aromatic carbocycles. The van der Waals surface area contributed by atoms with Gasteiger partial charge >= 0.3 is 0 Å². The fourth-order valence-electron chi connectivity index (χ4n) is 1.12. The van der Waals surface area contributed by atoms with Gasteiger partial charge in [-0.3, -0.25) is 0 Å². The molecule has 0 spiro atoms. The minimum atomic E-state index is -0.642. The standard InChI is InChI=1S/C10H10ClFO/c1-7-2-3-10(12)8(4-7)5-9(11)6-13/h2-4,6,9H,5H2,1H3. The number of benzene rings is 1. The summed E-state index contributed by atoms with van der Waals surface area (Å²) in [5, 5.41) is -0.642. The molecule has 0 aliphatic carbocycles. The Bertz CT molecular complexity index is 312. The fourth-order valence-corrected chi connectivity index (χ4v) is 1.28. The highest BCUT2D eigenvalue weighted by Crippen LogP contribution is 2.13. The quantitative estimate of drug-likeness (QED) is 0.541. The first-order valence-electron chi connectivity index (χ1n) is 3.98. The van der Waals surface area contributed by atoms with Gasteiger partial charge in [0.1, 0.15) is 12.1 Å². The zero-order valence-electron chi connectivity index (χ0n) is 7.26. The topological polar surface area (TPSA) is 17.1 Å². The number of halogens is 2. The molecule has 1 unspecified atom stereocenters. The van der Waals surface area contributed by atoms with Gasteiger partial charge in [-0.15, -0.1) is 11.6 Å². The second-order valence-corrected chi connectivity index (χ2v) is 3.51. The van der Waals surface area contributed by atoms with E-state index in [1.807, 2.05) is 6.92 Å². The van der Waals surface area contributed by atoms with E-state index in [0.717, 1.165) is 5.56 Å². The van der Waals surface area contributed by atoms with Crippen molar-refractivity contribution >= 4 is 17.9 Å². The number of hydrogen-bond donors (Lipinski definition) is 0. The maximum atomic E-state index is 13.1. The number of alkyl halides is 1. The highest BCUT2D eigenvalue weighted by atomic mass is 35.5. The van der Waals surface area contributed by atoms with Crippen molar-refractivity contribution in [2.45, 2.75) is 18.7 Å². The Kier molecular flexibility index (Phi) is 3.43. The molecule has 0 aromatic heterocycles. The van der Waals surface area contributed by atoms with E-state index in [-0.39, 0.29) is 12.2 Å². The molecule has 0 heterocycles. The summed E-state index contributed by atoms with van der Waals surface area (Å²) < 4.78 is 13.1. The highest BCUT2D eigenvalue weighted by molar-refractivity contribution is 6.27. The van der Waals surface area contributed by atoms with Gasteiger partial charge in [0.25, 0.3) is 0 Å². The third-order valence-corrected chi connectivity index (χ3v) is 2.02. The minimum Gasteiger partial charge on any atom is -0.302 e. The predicted molar refractivity (Wildman–Crippen MR) is 50.5 cm³/mol. The van der Waals surface area contributed by atoms with Crippen LogP contribution in [0.4, 0.5) is 4.39 Å². The van der Waals surface area contributed by atoms with Crippen molar-refractivity contribution in [2.75, 3.05) is 0 Å². The number of aldehydes is 1. The van der Waals surface area contributed by atoms with Crippen molar-refractivity contribution in [2.24, 2.45) is 0 Å². The number of carbonyl (C=O) groups is 1. The lowest BCUT2D eigenvalue weighted by Crippen LogP contribution is -2.06. The Morgan fingerprint density at radius 1 is 1.62 bits per heavy atom. The molecule has 0 N–H and O–H groups in total. The predicted octanol–water partition coefficient (Wildman–Crippen LogP) is 2.48. The van der Waals surface area contributed by atoms with E-state index in [1.165, 1.54) is 6.07 Å². The van der Waals surface area contributed by atoms with E-state index >= 15 is 0 Å². The number of rotatable bonds is 3. The third kappa shape index (κ3) is 2.81. The molecule has 0 fully saturated rings. The molecule has 13 heavy (non-hydrogen) atoms. The Labute approximate surface area is 81.5 Å². The van der Waals surface area contributed by atoms with E-state index in [1.54, 1.807) is 12.1 Å². The largest absolute Gasteiger partial charge is 0.302 e. The average molecular weight is 201 g/mol. The monoisotopic (exact) mass is 200 g/mol. The first kappa shape index (κ1) is 10.2. The van der Waals surface area contributed by atoms with Gasteiger partial charge in [-0.1, -0.05) is 17.7 Å². The summed E-state index contributed by atoms with van der Waals surface area (Å²) in [6.07, 6.45) is 0.863. The molecule has 70 valence electrons. The highest BCUT2D eigenvalue weighted by Gasteiger charge is 2.08. The number of carbonyl (C=O) groups excluding carboxylic acids is 1. The van der Waals surface area contributed by atoms with Crippen LogP contribution in [0.1, 0.15) is 11.1 Å². The molecule has 0 saturated carbocycles. The van der Waals surface area contributed by atoms with Crippen LogP contribution in [0.25, 0.3) is 0 Å². The zero-order valence-corrected chi connectivity index (χ0v) is 8.01. The van der Waals surface area contributed by atoms with Gasteiger partial charge < -0.3 is 4.79 Å². The molecule has 0 radical (unpaired) electrons. The molecular formula is C10H10ClFO. The lowest BCUT2D eigenvalue weighted by atomic mass is 10.1. The molecule has 3 heteroatoms. The molecule has 1 atom stereocenters. The van der Waals surface area contributed by atoms with Crippen LogP contribution in [-0.2, 0) is 11.2 Å². The van der Waals surface area contributed by atoms with Crippen LogP contribution in [-0.4, -0.2) is 11.7 Å². The second-order valence-electron chi connectivity index (χ2n) is 2.95.